The Morgan fingerprint density at radius 3 is 1.39 bits per heavy atom. The molecule has 0 saturated carbocycles. The average molecular weight is 1050 g/mol. The smallest absolute Gasteiger partial charge is 0.252 e. The van der Waals surface area contributed by atoms with E-state index in [9.17, 15) is 0 Å². The first kappa shape index (κ1) is 47.1. The van der Waals surface area contributed by atoms with Crippen LogP contribution in [0.3, 0.4) is 0 Å². The van der Waals surface area contributed by atoms with Gasteiger partial charge in [-0.3, -0.25) is 0 Å². The number of fused-ring (bicyclic) bond motifs is 7. The Balaban J connectivity index is 0.952. The van der Waals surface area contributed by atoms with Crippen molar-refractivity contribution in [3.63, 3.8) is 0 Å². The molecule has 4 heterocycles. The zero-order chi connectivity index (χ0) is 54.1. The van der Waals surface area contributed by atoms with Gasteiger partial charge in [0.2, 0.25) is 0 Å². The number of hydrogen-bond donors (Lipinski definition) is 0. The van der Waals surface area contributed by atoms with Crippen LogP contribution in [-0.2, 0) is 0 Å². The molecule has 0 amide bonds. The van der Waals surface area contributed by atoms with Crippen molar-refractivity contribution in [3.05, 3.63) is 297 Å². The number of nitrogens with zero attached hydrogens (tertiary/aromatic N) is 6. The van der Waals surface area contributed by atoms with Crippen molar-refractivity contribution >= 4 is 79.0 Å². The van der Waals surface area contributed by atoms with Gasteiger partial charge in [-0.25, -0.2) is 15.0 Å². The lowest BCUT2D eigenvalue weighted by Crippen LogP contribution is -2.61. The fourth-order valence-electron chi connectivity index (χ4n) is 12.8. The van der Waals surface area contributed by atoms with E-state index >= 15 is 0 Å². The van der Waals surface area contributed by atoms with Crippen LogP contribution in [0.4, 0.5) is 34.1 Å². The van der Waals surface area contributed by atoms with Gasteiger partial charge in [0.1, 0.15) is 0 Å². The predicted octanol–water partition coefficient (Wildman–Crippen LogP) is 17.1. The van der Waals surface area contributed by atoms with Crippen LogP contribution in [0.2, 0.25) is 0 Å². The minimum Gasteiger partial charge on any atom is -0.311 e. The van der Waals surface area contributed by atoms with Crippen molar-refractivity contribution in [3.8, 4) is 73.2 Å². The molecule has 0 saturated heterocycles. The van der Waals surface area contributed by atoms with Crippen molar-refractivity contribution in [2.75, 3.05) is 9.80 Å². The number of rotatable bonds is 9. The van der Waals surface area contributed by atoms with Crippen LogP contribution < -0.4 is 26.2 Å². The van der Waals surface area contributed by atoms with Crippen molar-refractivity contribution in [2.45, 2.75) is 0 Å². The molecular weight excluding hydrogens is 996 g/mol. The molecule has 2 aliphatic heterocycles. The van der Waals surface area contributed by atoms with Crippen molar-refractivity contribution in [1.29, 1.82) is 0 Å². The lowest BCUT2D eigenvalue weighted by atomic mass is 9.33. The molecular formula is C75H49BN6. The quantitative estimate of drug-likeness (QED) is 0.135. The maximum absolute atomic E-state index is 5.27. The summed E-state index contributed by atoms with van der Waals surface area (Å²) in [5.41, 5.74) is 23.4. The van der Waals surface area contributed by atoms with Crippen LogP contribution in [-0.4, -0.2) is 26.2 Å². The molecule has 82 heavy (non-hydrogen) atoms. The number of para-hydroxylation sites is 5. The molecule has 2 aliphatic rings. The topological polar surface area (TPSA) is 50.1 Å². The first-order valence-corrected chi connectivity index (χ1v) is 28.0. The van der Waals surface area contributed by atoms with Gasteiger partial charge < -0.3 is 14.4 Å². The van der Waals surface area contributed by atoms with Gasteiger partial charge in [0.05, 0.1) is 22.4 Å². The van der Waals surface area contributed by atoms with Crippen molar-refractivity contribution < 1.29 is 0 Å². The Morgan fingerprint density at radius 1 is 0.268 bits per heavy atom. The summed E-state index contributed by atoms with van der Waals surface area (Å²) in [4.78, 5) is 20.6. The Bertz CT molecular complexity index is 4690. The third-order valence-corrected chi connectivity index (χ3v) is 16.4. The average Bonchev–Trinajstić information content (AvgIpc) is 2.49. The monoisotopic (exact) mass is 1040 g/mol. The molecule has 0 N–H and O–H groups in total. The van der Waals surface area contributed by atoms with E-state index in [1.807, 2.05) is 36.4 Å². The molecule has 0 unspecified atom stereocenters. The molecule has 6 nitrogen and oxygen atoms in total. The van der Waals surface area contributed by atoms with Gasteiger partial charge >= 0.3 is 0 Å². The zero-order valence-electron chi connectivity index (χ0n) is 44.6. The highest BCUT2D eigenvalue weighted by molar-refractivity contribution is 7.00. The fraction of sp³-hybridized carbons (Fsp3) is 0. The molecule has 16 rings (SSSR count). The van der Waals surface area contributed by atoms with E-state index in [4.69, 9.17) is 15.0 Å². The predicted molar refractivity (Wildman–Crippen MR) is 341 cm³/mol. The molecule has 0 atom stereocenters. The third kappa shape index (κ3) is 7.77. The maximum Gasteiger partial charge on any atom is 0.252 e. The molecule has 14 aromatic rings. The Morgan fingerprint density at radius 2 is 0.744 bits per heavy atom. The fourth-order valence-corrected chi connectivity index (χ4v) is 12.8. The summed E-state index contributed by atoms with van der Waals surface area (Å²) in [6.07, 6.45) is 0. The van der Waals surface area contributed by atoms with Gasteiger partial charge in [0.15, 0.2) is 17.5 Å². The second-order valence-corrected chi connectivity index (χ2v) is 21.1. The van der Waals surface area contributed by atoms with Gasteiger partial charge in [0.25, 0.3) is 6.71 Å². The van der Waals surface area contributed by atoms with Crippen LogP contribution >= 0.6 is 0 Å². The van der Waals surface area contributed by atoms with E-state index in [1.165, 1.54) is 55.3 Å². The number of benzene rings is 12. The molecule has 0 spiro atoms. The molecule has 0 radical (unpaired) electrons. The van der Waals surface area contributed by atoms with Gasteiger partial charge in [-0.1, -0.05) is 212 Å². The highest BCUT2D eigenvalue weighted by Crippen LogP contribution is 2.49. The molecule has 2 aromatic heterocycles. The summed E-state index contributed by atoms with van der Waals surface area (Å²) >= 11 is 0. The second kappa shape index (κ2) is 19.5. The van der Waals surface area contributed by atoms with Crippen molar-refractivity contribution in [1.82, 2.24) is 19.5 Å². The van der Waals surface area contributed by atoms with Crippen LogP contribution in [0, 0.1) is 0 Å². The van der Waals surface area contributed by atoms with E-state index in [0.29, 0.717) is 17.5 Å². The Kier molecular flexibility index (Phi) is 11.2. The summed E-state index contributed by atoms with van der Waals surface area (Å²) in [5, 5.41) is 2.37. The van der Waals surface area contributed by atoms with Gasteiger partial charge in [-0.05, 0) is 124 Å². The maximum atomic E-state index is 5.27. The second-order valence-electron chi connectivity index (χ2n) is 21.1. The lowest BCUT2D eigenvalue weighted by molar-refractivity contribution is 1.07. The van der Waals surface area contributed by atoms with Crippen LogP contribution in [0.25, 0.3) is 95.0 Å². The molecule has 12 aromatic carbocycles. The number of aromatic nitrogens is 4. The van der Waals surface area contributed by atoms with E-state index in [1.54, 1.807) is 0 Å². The third-order valence-electron chi connectivity index (χ3n) is 16.4. The standard InChI is InChI=1S/C75H49BN6/c1-6-23-50(24-7-1)53-41-44-67-62(48-53)60-35-16-19-38-65(60)82(67)66-45-42-56(75-78-73(51-25-8-2-9-26-51)77-74(79-75)52-27-10-3-11-28-52)49-61(66)55-30-22-29-54(47-55)59-43-46-70-71-72(59)81(58-33-14-5-15-34-58)69-40-21-18-37-64(69)76(71)63-36-17-20-39-68(63)80(70)57-31-12-4-13-32-57/h1-49H. The van der Waals surface area contributed by atoms with Crippen molar-refractivity contribution in [2.24, 2.45) is 0 Å². The number of anilines is 6. The number of hydrogen-bond acceptors (Lipinski definition) is 5. The highest BCUT2D eigenvalue weighted by atomic mass is 15.2. The molecule has 0 fully saturated rings. The molecule has 382 valence electrons. The van der Waals surface area contributed by atoms with Gasteiger partial charge in [0, 0.05) is 67.0 Å². The van der Waals surface area contributed by atoms with E-state index in [2.05, 4.69) is 275 Å². The first-order chi connectivity index (χ1) is 40.7. The molecule has 0 aliphatic carbocycles. The lowest BCUT2D eigenvalue weighted by Gasteiger charge is -2.45. The Labute approximate surface area is 476 Å². The highest BCUT2D eigenvalue weighted by Gasteiger charge is 2.44. The van der Waals surface area contributed by atoms with Gasteiger partial charge in [-0.2, -0.15) is 0 Å². The van der Waals surface area contributed by atoms with Crippen LogP contribution in [0.15, 0.2) is 297 Å². The molecule has 0 bridgehead atoms. The van der Waals surface area contributed by atoms with Crippen LogP contribution in [0.5, 0.6) is 0 Å². The van der Waals surface area contributed by atoms with E-state index in [0.717, 1.165) is 72.7 Å². The summed E-state index contributed by atoms with van der Waals surface area (Å²) < 4.78 is 2.44. The summed E-state index contributed by atoms with van der Waals surface area (Å²) in [7, 11) is 0. The minimum absolute atomic E-state index is 0.0247. The zero-order valence-corrected chi connectivity index (χ0v) is 44.6. The minimum atomic E-state index is -0.0247. The molecule has 7 heteroatoms. The van der Waals surface area contributed by atoms with E-state index in [-0.39, 0.29) is 6.71 Å². The normalized spacial score (nSPS) is 12.3. The Hall–Kier alpha value is -10.9. The largest absolute Gasteiger partial charge is 0.311 e. The summed E-state index contributed by atoms with van der Waals surface area (Å²) in [6, 6.07) is 107. The van der Waals surface area contributed by atoms with Gasteiger partial charge in [-0.15, -0.1) is 0 Å². The first-order valence-electron chi connectivity index (χ1n) is 28.0. The van der Waals surface area contributed by atoms with Crippen LogP contribution in [0.1, 0.15) is 0 Å². The SMILES string of the molecule is c1ccc(-c2ccc3c(c2)c2ccccc2n3-c2ccc(-c3nc(-c4ccccc4)nc(-c4ccccc4)n3)cc2-c2cccc(-c3ccc4c5c3N(c3ccccc3)c3ccccc3B5c3ccccc3N4c3ccccc3)c2)cc1. The summed E-state index contributed by atoms with van der Waals surface area (Å²) in [5.74, 6) is 1.83. The summed E-state index contributed by atoms with van der Waals surface area (Å²) in [6.45, 7) is -0.0247. The van der Waals surface area contributed by atoms with E-state index < -0.39 is 0 Å².